The molecule has 1 aromatic heterocycles. The number of fused-ring (bicyclic) bond motifs is 1. The molecule has 3 rings (SSSR count). The van der Waals surface area contributed by atoms with Crippen LogP contribution in [-0.4, -0.2) is 24.9 Å². The molecule has 0 aliphatic carbocycles. The Morgan fingerprint density at radius 3 is 2.96 bits per heavy atom. The van der Waals surface area contributed by atoms with Crippen LogP contribution in [0.4, 0.5) is 5.13 Å². The molecule has 6 nitrogen and oxygen atoms in total. The van der Waals surface area contributed by atoms with Gasteiger partial charge in [-0.05, 0) is 35.9 Å². The van der Waals surface area contributed by atoms with Gasteiger partial charge < -0.3 is 9.47 Å². The van der Waals surface area contributed by atoms with Gasteiger partial charge in [-0.3, -0.25) is 5.43 Å². The number of rotatable bonds is 6. The first-order valence-corrected chi connectivity index (χ1v) is 7.94. The number of nitriles is 1. The number of hydrogen-bond acceptors (Lipinski definition) is 7. The Hall–Kier alpha value is -3.11. The number of thiazole rings is 1. The summed E-state index contributed by atoms with van der Waals surface area (Å²) in [6.07, 6.45) is 1.67. The summed E-state index contributed by atoms with van der Waals surface area (Å²) in [6.45, 7) is -0.0248. The van der Waals surface area contributed by atoms with Crippen molar-refractivity contribution in [2.45, 2.75) is 0 Å². The minimum Gasteiger partial charge on any atom is -0.493 e. The minimum absolute atomic E-state index is 0.0248. The highest BCUT2D eigenvalue weighted by Crippen LogP contribution is 2.28. The lowest BCUT2D eigenvalue weighted by Gasteiger charge is -2.08. The molecule has 7 heteroatoms. The van der Waals surface area contributed by atoms with Crippen LogP contribution in [0.5, 0.6) is 11.5 Å². The summed E-state index contributed by atoms with van der Waals surface area (Å²) in [5.74, 6) is 1.07. The zero-order valence-corrected chi connectivity index (χ0v) is 13.7. The van der Waals surface area contributed by atoms with Crippen LogP contribution in [0, 0.1) is 11.3 Å². The number of benzene rings is 2. The molecule has 0 aliphatic rings. The zero-order valence-electron chi connectivity index (χ0n) is 12.9. The molecule has 0 saturated carbocycles. The molecular weight excluding hydrogens is 324 g/mol. The van der Waals surface area contributed by atoms with Gasteiger partial charge in [-0.1, -0.05) is 23.5 Å². The van der Waals surface area contributed by atoms with Gasteiger partial charge in [0.15, 0.2) is 18.1 Å². The van der Waals surface area contributed by atoms with E-state index in [0.29, 0.717) is 11.5 Å². The number of aromatic nitrogens is 1. The quantitative estimate of drug-likeness (QED) is 0.548. The monoisotopic (exact) mass is 338 g/mol. The Kier molecular flexibility index (Phi) is 4.89. The van der Waals surface area contributed by atoms with Crippen molar-refractivity contribution in [2.75, 3.05) is 19.1 Å². The molecule has 0 saturated heterocycles. The number of hydrazone groups is 1. The van der Waals surface area contributed by atoms with Crippen molar-refractivity contribution in [2.24, 2.45) is 5.10 Å². The maximum absolute atomic E-state index is 8.57. The summed E-state index contributed by atoms with van der Waals surface area (Å²) >= 11 is 1.54. The summed E-state index contributed by atoms with van der Waals surface area (Å²) in [4.78, 5) is 4.44. The molecule has 3 aromatic rings. The van der Waals surface area contributed by atoms with Crippen LogP contribution in [-0.2, 0) is 0 Å². The van der Waals surface area contributed by atoms with E-state index in [1.807, 2.05) is 36.4 Å². The second-order valence-corrected chi connectivity index (χ2v) is 5.74. The van der Waals surface area contributed by atoms with E-state index < -0.39 is 0 Å². The highest BCUT2D eigenvalue weighted by molar-refractivity contribution is 7.22. The highest BCUT2D eigenvalue weighted by atomic mass is 32.1. The molecule has 1 heterocycles. The van der Waals surface area contributed by atoms with Crippen molar-refractivity contribution in [1.82, 2.24) is 4.98 Å². The van der Waals surface area contributed by atoms with Gasteiger partial charge in [0.2, 0.25) is 5.13 Å². The molecule has 0 amide bonds. The van der Waals surface area contributed by atoms with E-state index in [4.69, 9.17) is 14.7 Å². The number of ether oxygens (including phenoxy) is 2. The van der Waals surface area contributed by atoms with E-state index in [-0.39, 0.29) is 6.61 Å². The van der Waals surface area contributed by atoms with E-state index in [1.165, 1.54) is 0 Å². The first-order chi connectivity index (χ1) is 11.8. The average Bonchev–Trinajstić information content (AvgIpc) is 3.03. The number of methoxy groups -OCH3 is 1. The van der Waals surface area contributed by atoms with Gasteiger partial charge in [-0.15, -0.1) is 0 Å². The molecule has 0 bridgehead atoms. The van der Waals surface area contributed by atoms with Crippen LogP contribution in [0.1, 0.15) is 5.56 Å². The lowest BCUT2D eigenvalue weighted by atomic mass is 10.2. The molecule has 0 spiro atoms. The van der Waals surface area contributed by atoms with E-state index in [0.717, 1.165) is 20.9 Å². The third-order valence-electron chi connectivity index (χ3n) is 3.15. The van der Waals surface area contributed by atoms with Crippen molar-refractivity contribution >= 4 is 32.9 Å². The maximum atomic E-state index is 8.57. The molecule has 0 aliphatic heterocycles. The Morgan fingerprint density at radius 1 is 1.29 bits per heavy atom. The topological polar surface area (TPSA) is 79.5 Å². The Bertz CT molecular complexity index is 881. The number of para-hydroxylation sites is 1. The molecule has 0 unspecified atom stereocenters. The highest BCUT2D eigenvalue weighted by Gasteiger charge is 2.05. The summed E-state index contributed by atoms with van der Waals surface area (Å²) < 4.78 is 11.7. The fourth-order valence-corrected chi connectivity index (χ4v) is 2.89. The first-order valence-electron chi connectivity index (χ1n) is 7.12. The largest absolute Gasteiger partial charge is 0.493 e. The molecule has 2 aromatic carbocycles. The van der Waals surface area contributed by atoms with Crippen LogP contribution in [0.3, 0.4) is 0 Å². The summed E-state index contributed by atoms with van der Waals surface area (Å²) in [5, 5.41) is 13.5. The molecule has 0 atom stereocenters. The molecular formula is C17H14N4O2S. The number of nitrogens with one attached hydrogen (secondary N) is 1. The predicted octanol–water partition coefficient (Wildman–Crippen LogP) is 3.65. The third kappa shape index (κ3) is 3.62. The summed E-state index contributed by atoms with van der Waals surface area (Å²) in [5.41, 5.74) is 4.71. The van der Waals surface area contributed by atoms with Crippen LogP contribution in [0.25, 0.3) is 10.2 Å². The minimum atomic E-state index is -0.0248. The van der Waals surface area contributed by atoms with Crippen molar-refractivity contribution in [3.05, 3.63) is 48.0 Å². The fourth-order valence-electron chi connectivity index (χ4n) is 2.08. The molecule has 1 N–H and O–H groups in total. The van der Waals surface area contributed by atoms with Gasteiger partial charge in [-0.25, -0.2) is 4.98 Å². The molecule has 120 valence electrons. The van der Waals surface area contributed by atoms with Gasteiger partial charge >= 0.3 is 0 Å². The van der Waals surface area contributed by atoms with Crippen molar-refractivity contribution in [1.29, 1.82) is 5.26 Å². The van der Waals surface area contributed by atoms with E-state index in [2.05, 4.69) is 15.5 Å². The van der Waals surface area contributed by atoms with Crippen LogP contribution < -0.4 is 14.9 Å². The van der Waals surface area contributed by atoms with Crippen molar-refractivity contribution in [3.8, 4) is 17.6 Å². The Morgan fingerprint density at radius 2 is 2.17 bits per heavy atom. The average molecular weight is 338 g/mol. The second-order valence-electron chi connectivity index (χ2n) is 4.71. The standard InChI is InChI=1S/C17H14N4O2S/c1-22-15-10-12(6-7-14(15)23-9-8-18)11-19-21-17-20-13-4-2-3-5-16(13)24-17/h2-7,10-11H,9H2,1H3,(H,20,21)/b19-11+. The van der Waals surface area contributed by atoms with Gasteiger partial charge in [0.1, 0.15) is 6.07 Å². The maximum Gasteiger partial charge on any atom is 0.204 e. The van der Waals surface area contributed by atoms with Gasteiger partial charge in [0.25, 0.3) is 0 Å². The number of hydrogen-bond donors (Lipinski definition) is 1. The van der Waals surface area contributed by atoms with Crippen LogP contribution >= 0.6 is 11.3 Å². The van der Waals surface area contributed by atoms with Crippen molar-refractivity contribution in [3.63, 3.8) is 0 Å². The lowest BCUT2D eigenvalue weighted by molar-refractivity contribution is 0.329. The smallest absolute Gasteiger partial charge is 0.204 e. The van der Waals surface area contributed by atoms with Crippen LogP contribution in [0.15, 0.2) is 47.6 Å². The number of nitrogens with zero attached hydrogens (tertiary/aromatic N) is 3. The van der Waals surface area contributed by atoms with Gasteiger partial charge in [0.05, 0.1) is 23.5 Å². The van der Waals surface area contributed by atoms with E-state index in [9.17, 15) is 0 Å². The van der Waals surface area contributed by atoms with Gasteiger partial charge in [0, 0.05) is 0 Å². The summed E-state index contributed by atoms with van der Waals surface area (Å²) in [6, 6.07) is 15.2. The fraction of sp³-hybridized carbons (Fsp3) is 0.118. The zero-order chi connectivity index (χ0) is 16.8. The van der Waals surface area contributed by atoms with E-state index in [1.54, 1.807) is 36.8 Å². The first kappa shape index (κ1) is 15.8. The second kappa shape index (κ2) is 7.44. The third-order valence-corrected chi connectivity index (χ3v) is 4.09. The Labute approximate surface area is 143 Å². The molecule has 0 fully saturated rings. The normalized spacial score (nSPS) is 10.7. The SMILES string of the molecule is COc1cc(/C=N/Nc2nc3ccccc3s2)ccc1OCC#N. The van der Waals surface area contributed by atoms with Gasteiger partial charge in [-0.2, -0.15) is 10.4 Å². The van der Waals surface area contributed by atoms with E-state index >= 15 is 0 Å². The number of anilines is 1. The molecule has 0 radical (unpaired) electrons. The molecule has 24 heavy (non-hydrogen) atoms. The summed E-state index contributed by atoms with van der Waals surface area (Å²) in [7, 11) is 1.55. The van der Waals surface area contributed by atoms with Crippen molar-refractivity contribution < 1.29 is 9.47 Å². The lowest BCUT2D eigenvalue weighted by Crippen LogP contribution is -1.97. The van der Waals surface area contributed by atoms with Crippen LogP contribution in [0.2, 0.25) is 0 Å². The predicted molar refractivity (Wildman–Crippen MR) is 94.9 cm³/mol. The Balaban J connectivity index is 1.70.